The van der Waals surface area contributed by atoms with Crippen LogP contribution in [-0.2, 0) is 16.0 Å². The number of carbonyl (C=O) groups is 2. The van der Waals surface area contributed by atoms with Crippen LogP contribution in [0.15, 0.2) is 24.3 Å². The number of carbonyl (C=O) groups excluding carboxylic acids is 2. The summed E-state index contributed by atoms with van der Waals surface area (Å²) >= 11 is 0. The predicted molar refractivity (Wildman–Crippen MR) is 63.8 cm³/mol. The second-order valence-electron chi connectivity index (χ2n) is 5.31. The monoisotopic (exact) mass is 232 g/mol. The van der Waals surface area contributed by atoms with E-state index >= 15 is 0 Å². The molecule has 0 saturated heterocycles. The van der Waals surface area contributed by atoms with Crippen molar-refractivity contribution >= 4 is 11.8 Å². The third kappa shape index (κ3) is 2.38. The smallest absolute Gasteiger partial charge is 0.317 e. The summed E-state index contributed by atoms with van der Waals surface area (Å²) in [5.74, 6) is -1.19. The Balaban J connectivity index is 2.18. The van der Waals surface area contributed by atoms with Crippen molar-refractivity contribution < 1.29 is 14.3 Å². The van der Waals surface area contributed by atoms with Crippen LogP contribution in [0.1, 0.15) is 36.7 Å². The maximum atomic E-state index is 12.0. The maximum absolute atomic E-state index is 12.0. The van der Waals surface area contributed by atoms with E-state index in [1.807, 2.05) is 18.2 Å². The molecule has 0 spiro atoms. The maximum Gasteiger partial charge on any atom is 0.317 e. The molecule has 1 aromatic rings. The van der Waals surface area contributed by atoms with E-state index in [1.165, 1.54) is 0 Å². The van der Waals surface area contributed by atoms with Gasteiger partial charge in [0.2, 0.25) is 0 Å². The Labute approximate surface area is 101 Å². The van der Waals surface area contributed by atoms with E-state index in [2.05, 4.69) is 0 Å². The number of hydrogen-bond acceptors (Lipinski definition) is 3. The summed E-state index contributed by atoms with van der Waals surface area (Å²) in [5.41, 5.74) is 1.04. The van der Waals surface area contributed by atoms with Crippen molar-refractivity contribution in [1.29, 1.82) is 0 Å². The molecular weight excluding hydrogens is 216 g/mol. The minimum atomic E-state index is -0.661. The first kappa shape index (κ1) is 11.8. The highest BCUT2D eigenvalue weighted by atomic mass is 16.6. The topological polar surface area (TPSA) is 43.4 Å². The Bertz CT molecular complexity index is 469. The van der Waals surface area contributed by atoms with Gasteiger partial charge < -0.3 is 4.74 Å². The number of ether oxygens (including phenoxy) is 1. The number of fused-ring (bicyclic) bond motifs is 1. The van der Waals surface area contributed by atoms with Gasteiger partial charge in [0.25, 0.3) is 0 Å². The molecule has 0 aliphatic heterocycles. The largest absolute Gasteiger partial charge is 0.459 e. The average Bonchev–Trinajstić information content (AvgIpc) is 2.55. The molecule has 1 atom stereocenters. The molecule has 1 aromatic carbocycles. The summed E-state index contributed by atoms with van der Waals surface area (Å²) in [4.78, 5) is 23.9. The van der Waals surface area contributed by atoms with Crippen LogP contribution in [-0.4, -0.2) is 17.4 Å². The van der Waals surface area contributed by atoms with Crippen molar-refractivity contribution in [1.82, 2.24) is 0 Å². The molecule has 0 heterocycles. The van der Waals surface area contributed by atoms with E-state index < -0.39 is 17.5 Å². The summed E-state index contributed by atoms with van der Waals surface area (Å²) in [6, 6.07) is 7.34. The first-order chi connectivity index (χ1) is 7.88. The fraction of sp³-hybridized carbons (Fsp3) is 0.429. The zero-order valence-corrected chi connectivity index (χ0v) is 10.3. The van der Waals surface area contributed by atoms with Crippen molar-refractivity contribution in [2.24, 2.45) is 5.92 Å². The fourth-order valence-corrected chi connectivity index (χ4v) is 2.00. The lowest BCUT2D eigenvalue weighted by atomic mass is 10.1. The van der Waals surface area contributed by atoms with Crippen LogP contribution in [0.5, 0.6) is 0 Å². The fourth-order valence-electron chi connectivity index (χ4n) is 2.00. The Morgan fingerprint density at radius 1 is 1.29 bits per heavy atom. The van der Waals surface area contributed by atoms with Crippen LogP contribution in [0.2, 0.25) is 0 Å². The highest BCUT2D eigenvalue weighted by Crippen LogP contribution is 2.28. The zero-order valence-electron chi connectivity index (χ0n) is 10.3. The molecule has 1 aliphatic rings. The van der Waals surface area contributed by atoms with E-state index in [0.29, 0.717) is 12.0 Å². The SMILES string of the molecule is CC(C)(C)OC(=O)[C@H]1Cc2ccccc2C1=O. The quantitative estimate of drug-likeness (QED) is 0.551. The van der Waals surface area contributed by atoms with E-state index in [0.717, 1.165) is 5.56 Å². The number of rotatable bonds is 1. The number of benzene rings is 1. The Hall–Kier alpha value is -1.64. The van der Waals surface area contributed by atoms with Gasteiger partial charge >= 0.3 is 5.97 Å². The predicted octanol–water partition coefficient (Wildman–Crippen LogP) is 2.38. The number of Topliss-reactive ketones (excluding diaryl/α,β-unsaturated/α-hetero) is 1. The molecule has 17 heavy (non-hydrogen) atoms. The second kappa shape index (κ2) is 3.99. The van der Waals surface area contributed by atoms with Crippen molar-refractivity contribution in [3.8, 4) is 0 Å². The Kier molecular flexibility index (Phi) is 2.77. The molecule has 3 nitrogen and oxygen atoms in total. The van der Waals surface area contributed by atoms with Gasteiger partial charge in [-0.05, 0) is 32.8 Å². The summed E-state index contributed by atoms with van der Waals surface area (Å²) in [6.07, 6.45) is 0.462. The van der Waals surface area contributed by atoms with Crippen LogP contribution in [0.3, 0.4) is 0 Å². The van der Waals surface area contributed by atoms with Gasteiger partial charge in [-0.15, -0.1) is 0 Å². The van der Waals surface area contributed by atoms with E-state index in [9.17, 15) is 9.59 Å². The molecule has 0 fully saturated rings. The standard InChI is InChI=1S/C14H16O3/c1-14(2,3)17-13(16)11-8-9-6-4-5-7-10(9)12(11)15/h4-7,11H,8H2,1-3H3/t11-/m0/s1. The lowest BCUT2D eigenvalue weighted by molar-refractivity contribution is -0.157. The zero-order chi connectivity index (χ0) is 12.6. The van der Waals surface area contributed by atoms with Gasteiger partial charge in [-0.2, -0.15) is 0 Å². The van der Waals surface area contributed by atoms with Crippen LogP contribution in [0.4, 0.5) is 0 Å². The van der Waals surface area contributed by atoms with Crippen molar-refractivity contribution in [2.45, 2.75) is 32.8 Å². The van der Waals surface area contributed by atoms with Crippen molar-refractivity contribution in [2.75, 3.05) is 0 Å². The van der Waals surface area contributed by atoms with Gasteiger partial charge in [-0.25, -0.2) is 0 Å². The summed E-state index contributed by atoms with van der Waals surface area (Å²) < 4.78 is 5.26. The summed E-state index contributed by atoms with van der Waals surface area (Å²) in [6.45, 7) is 5.41. The van der Waals surface area contributed by atoms with E-state index in [-0.39, 0.29) is 5.78 Å². The highest BCUT2D eigenvalue weighted by Gasteiger charge is 2.38. The molecule has 0 aromatic heterocycles. The van der Waals surface area contributed by atoms with Gasteiger partial charge in [-0.1, -0.05) is 24.3 Å². The van der Waals surface area contributed by atoms with Gasteiger partial charge in [0, 0.05) is 5.56 Å². The Morgan fingerprint density at radius 3 is 2.53 bits per heavy atom. The van der Waals surface area contributed by atoms with Crippen LogP contribution < -0.4 is 0 Å². The number of esters is 1. The molecule has 0 unspecified atom stereocenters. The van der Waals surface area contributed by atoms with Crippen molar-refractivity contribution in [3.05, 3.63) is 35.4 Å². The van der Waals surface area contributed by atoms with Crippen LogP contribution >= 0.6 is 0 Å². The third-order valence-corrected chi connectivity index (χ3v) is 2.71. The highest BCUT2D eigenvalue weighted by molar-refractivity contribution is 6.12. The lowest BCUT2D eigenvalue weighted by Crippen LogP contribution is -2.31. The van der Waals surface area contributed by atoms with Crippen molar-refractivity contribution in [3.63, 3.8) is 0 Å². The third-order valence-electron chi connectivity index (χ3n) is 2.71. The first-order valence-corrected chi connectivity index (χ1v) is 5.73. The molecule has 0 saturated carbocycles. The molecule has 0 bridgehead atoms. The average molecular weight is 232 g/mol. The van der Waals surface area contributed by atoms with Crippen LogP contribution in [0.25, 0.3) is 0 Å². The first-order valence-electron chi connectivity index (χ1n) is 5.73. The van der Waals surface area contributed by atoms with Gasteiger partial charge in [0.05, 0.1) is 0 Å². The molecule has 0 radical (unpaired) electrons. The normalized spacial score (nSPS) is 19.0. The minimum absolute atomic E-state index is 0.116. The van der Waals surface area contributed by atoms with E-state index in [4.69, 9.17) is 4.74 Å². The van der Waals surface area contributed by atoms with Gasteiger partial charge in [-0.3, -0.25) is 9.59 Å². The Morgan fingerprint density at radius 2 is 1.94 bits per heavy atom. The molecule has 0 amide bonds. The molecule has 2 rings (SSSR count). The second-order valence-corrected chi connectivity index (χ2v) is 5.31. The number of hydrogen-bond donors (Lipinski definition) is 0. The summed E-state index contributed by atoms with van der Waals surface area (Å²) in [5, 5.41) is 0. The molecular formula is C14H16O3. The molecule has 3 heteroatoms. The molecule has 1 aliphatic carbocycles. The lowest BCUT2D eigenvalue weighted by Gasteiger charge is -2.21. The molecule has 0 N–H and O–H groups in total. The van der Waals surface area contributed by atoms with Crippen LogP contribution in [0, 0.1) is 5.92 Å². The van der Waals surface area contributed by atoms with Gasteiger partial charge in [0.1, 0.15) is 11.5 Å². The summed E-state index contributed by atoms with van der Waals surface area (Å²) in [7, 11) is 0. The molecule has 90 valence electrons. The van der Waals surface area contributed by atoms with E-state index in [1.54, 1.807) is 26.8 Å². The minimum Gasteiger partial charge on any atom is -0.459 e. The van der Waals surface area contributed by atoms with Gasteiger partial charge in [0.15, 0.2) is 5.78 Å². The number of ketones is 1.